The quantitative estimate of drug-likeness (QED) is 0.798. The molecule has 1 aromatic rings. The lowest BCUT2D eigenvalue weighted by molar-refractivity contribution is 0.0988. The first-order valence-electron chi connectivity index (χ1n) is 8.01. The molecule has 0 radical (unpaired) electrons. The van der Waals surface area contributed by atoms with E-state index < -0.39 is 0 Å². The van der Waals surface area contributed by atoms with Crippen molar-refractivity contribution in [1.82, 2.24) is 5.32 Å². The Balaban J connectivity index is 2.11. The maximum Gasteiger partial charge on any atom is 0.0406 e. The summed E-state index contributed by atoms with van der Waals surface area (Å²) < 4.78 is 0. The van der Waals surface area contributed by atoms with Crippen LogP contribution in [-0.4, -0.2) is 12.6 Å². The number of likely N-dealkylation sites (N-methyl/N-ethyl adjacent to an activating group) is 1. The van der Waals surface area contributed by atoms with Crippen LogP contribution in [0.1, 0.15) is 52.0 Å². The molecule has 0 saturated heterocycles. The molecule has 1 aliphatic carbocycles. The van der Waals surface area contributed by atoms with Crippen LogP contribution in [0.5, 0.6) is 0 Å². The molecular weight excluding hydrogens is 266 g/mol. The highest BCUT2D eigenvalue weighted by Gasteiger charge is 2.37. The zero-order valence-electron chi connectivity index (χ0n) is 13.1. The van der Waals surface area contributed by atoms with Gasteiger partial charge in [0.2, 0.25) is 0 Å². The van der Waals surface area contributed by atoms with E-state index in [-0.39, 0.29) is 0 Å². The molecule has 1 fully saturated rings. The Morgan fingerprint density at radius 1 is 1.25 bits per heavy atom. The molecule has 2 unspecified atom stereocenters. The van der Waals surface area contributed by atoms with Crippen molar-refractivity contribution in [2.24, 2.45) is 11.3 Å². The highest BCUT2D eigenvalue weighted by molar-refractivity contribution is 6.30. The van der Waals surface area contributed by atoms with Crippen LogP contribution in [0.3, 0.4) is 0 Å². The molecule has 0 aromatic heterocycles. The molecule has 112 valence electrons. The van der Waals surface area contributed by atoms with Gasteiger partial charge in [0.15, 0.2) is 0 Å². The largest absolute Gasteiger partial charge is 0.314 e. The third-order valence-corrected chi connectivity index (χ3v) is 5.16. The average molecular weight is 294 g/mol. The van der Waals surface area contributed by atoms with Crippen molar-refractivity contribution < 1.29 is 0 Å². The van der Waals surface area contributed by atoms with Gasteiger partial charge in [-0.15, -0.1) is 0 Å². The third-order valence-electron chi connectivity index (χ3n) is 4.91. The van der Waals surface area contributed by atoms with Gasteiger partial charge in [-0.2, -0.15) is 0 Å². The fraction of sp³-hybridized carbons (Fsp3) is 0.667. The Hall–Kier alpha value is -0.530. The van der Waals surface area contributed by atoms with Gasteiger partial charge in [0, 0.05) is 11.1 Å². The zero-order chi connectivity index (χ0) is 14.6. The van der Waals surface area contributed by atoms with E-state index in [9.17, 15) is 0 Å². The van der Waals surface area contributed by atoms with Crippen LogP contribution in [0, 0.1) is 11.3 Å². The summed E-state index contributed by atoms with van der Waals surface area (Å²) in [5.74, 6) is 0.770. The molecule has 0 spiro atoms. The molecule has 1 nitrogen and oxygen atoms in total. The van der Waals surface area contributed by atoms with Crippen molar-refractivity contribution in [3.05, 3.63) is 34.9 Å². The van der Waals surface area contributed by atoms with Gasteiger partial charge in [-0.3, -0.25) is 0 Å². The summed E-state index contributed by atoms with van der Waals surface area (Å²) in [6.45, 7) is 8.15. The summed E-state index contributed by atoms with van der Waals surface area (Å²) in [6.07, 6.45) is 6.61. The van der Waals surface area contributed by atoms with Gasteiger partial charge in [-0.1, -0.05) is 57.3 Å². The number of rotatable bonds is 5. The second kappa shape index (κ2) is 6.95. The van der Waals surface area contributed by atoms with Crippen LogP contribution in [0.15, 0.2) is 24.3 Å². The maximum atomic E-state index is 5.99. The first kappa shape index (κ1) is 15.9. The van der Waals surface area contributed by atoms with Gasteiger partial charge >= 0.3 is 0 Å². The van der Waals surface area contributed by atoms with Crippen LogP contribution >= 0.6 is 11.6 Å². The minimum absolute atomic E-state index is 0.456. The number of hydrogen-bond acceptors (Lipinski definition) is 1. The average Bonchev–Trinajstić information content (AvgIpc) is 2.40. The van der Waals surface area contributed by atoms with Gasteiger partial charge in [0.25, 0.3) is 0 Å². The Kier molecular flexibility index (Phi) is 5.51. The lowest BCUT2D eigenvalue weighted by atomic mass is 9.65. The van der Waals surface area contributed by atoms with Crippen molar-refractivity contribution in [3.63, 3.8) is 0 Å². The molecule has 2 rings (SSSR count). The van der Waals surface area contributed by atoms with E-state index in [0.717, 1.165) is 23.9 Å². The Morgan fingerprint density at radius 3 is 2.55 bits per heavy atom. The molecule has 1 aliphatic rings. The summed E-state index contributed by atoms with van der Waals surface area (Å²) in [4.78, 5) is 0. The van der Waals surface area contributed by atoms with Crippen molar-refractivity contribution >= 4 is 11.6 Å². The highest BCUT2D eigenvalue weighted by atomic mass is 35.5. The zero-order valence-corrected chi connectivity index (χ0v) is 13.8. The minimum atomic E-state index is 0.456. The molecule has 1 N–H and O–H groups in total. The molecule has 2 atom stereocenters. The van der Waals surface area contributed by atoms with E-state index in [1.165, 1.54) is 31.2 Å². The van der Waals surface area contributed by atoms with Gasteiger partial charge in [0.05, 0.1) is 0 Å². The lowest BCUT2D eigenvalue weighted by Gasteiger charge is -2.43. The lowest BCUT2D eigenvalue weighted by Crippen LogP contribution is -2.46. The SMILES string of the molecule is CCNC(Cc1ccc(Cl)cc1)C1CCCCC1(C)C. The van der Waals surface area contributed by atoms with E-state index in [4.69, 9.17) is 11.6 Å². The minimum Gasteiger partial charge on any atom is -0.314 e. The van der Waals surface area contributed by atoms with Gasteiger partial charge < -0.3 is 5.32 Å². The number of nitrogens with one attached hydrogen (secondary N) is 1. The van der Waals surface area contributed by atoms with Crippen molar-refractivity contribution in [2.75, 3.05) is 6.54 Å². The van der Waals surface area contributed by atoms with Crippen LogP contribution in [0.2, 0.25) is 5.02 Å². The topological polar surface area (TPSA) is 12.0 Å². The van der Waals surface area contributed by atoms with E-state index in [0.29, 0.717) is 11.5 Å². The molecule has 1 saturated carbocycles. The predicted molar refractivity (Wildman–Crippen MR) is 88.4 cm³/mol. The molecule has 0 aliphatic heterocycles. The molecule has 1 aromatic carbocycles. The smallest absolute Gasteiger partial charge is 0.0406 e. The van der Waals surface area contributed by atoms with Crippen molar-refractivity contribution in [3.8, 4) is 0 Å². The van der Waals surface area contributed by atoms with E-state index in [1.54, 1.807) is 0 Å². The summed E-state index contributed by atoms with van der Waals surface area (Å²) in [7, 11) is 0. The first-order chi connectivity index (χ1) is 9.53. The predicted octanol–water partition coefficient (Wildman–Crippen LogP) is 5.08. The van der Waals surface area contributed by atoms with Gasteiger partial charge in [-0.25, -0.2) is 0 Å². The fourth-order valence-electron chi connectivity index (χ4n) is 3.76. The molecular formula is C18H28ClN. The molecule has 20 heavy (non-hydrogen) atoms. The molecule has 0 bridgehead atoms. The monoisotopic (exact) mass is 293 g/mol. The summed E-state index contributed by atoms with van der Waals surface area (Å²) in [6, 6.07) is 8.93. The molecule has 0 amide bonds. The first-order valence-corrected chi connectivity index (χ1v) is 8.38. The number of benzene rings is 1. The third kappa shape index (κ3) is 3.99. The maximum absolute atomic E-state index is 5.99. The number of halogens is 1. The Morgan fingerprint density at radius 2 is 1.95 bits per heavy atom. The van der Waals surface area contributed by atoms with E-state index >= 15 is 0 Å². The van der Waals surface area contributed by atoms with E-state index in [2.05, 4.69) is 38.2 Å². The second-order valence-electron chi connectivity index (χ2n) is 6.84. The fourth-order valence-corrected chi connectivity index (χ4v) is 3.89. The molecule has 0 heterocycles. The van der Waals surface area contributed by atoms with Crippen LogP contribution in [-0.2, 0) is 6.42 Å². The van der Waals surface area contributed by atoms with E-state index in [1.807, 2.05) is 12.1 Å². The van der Waals surface area contributed by atoms with Crippen molar-refractivity contribution in [1.29, 1.82) is 0 Å². The van der Waals surface area contributed by atoms with Crippen molar-refractivity contribution in [2.45, 2.75) is 58.9 Å². The van der Waals surface area contributed by atoms with Crippen LogP contribution in [0.4, 0.5) is 0 Å². The van der Waals surface area contributed by atoms with Gasteiger partial charge in [-0.05, 0) is 54.8 Å². The summed E-state index contributed by atoms with van der Waals surface area (Å²) >= 11 is 5.99. The van der Waals surface area contributed by atoms with Gasteiger partial charge in [0.1, 0.15) is 0 Å². The Bertz CT molecular complexity index is 410. The summed E-state index contributed by atoms with van der Waals surface area (Å²) in [5, 5.41) is 4.56. The second-order valence-corrected chi connectivity index (χ2v) is 7.27. The highest BCUT2D eigenvalue weighted by Crippen LogP contribution is 2.43. The van der Waals surface area contributed by atoms with Crippen LogP contribution in [0.25, 0.3) is 0 Å². The number of hydrogen-bond donors (Lipinski definition) is 1. The molecule has 2 heteroatoms. The summed E-state index contributed by atoms with van der Waals surface area (Å²) in [5.41, 5.74) is 1.85. The van der Waals surface area contributed by atoms with Crippen LogP contribution < -0.4 is 5.32 Å². The Labute approximate surface area is 129 Å². The standard InChI is InChI=1S/C18H28ClN/c1-4-20-17(13-14-8-10-15(19)11-9-14)16-7-5-6-12-18(16,2)3/h8-11,16-17,20H,4-7,12-13H2,1-3H3. The normalized spacial score (nSPS) is 23.5.